The lowest BCUT2D eigenvalue weighted by Crippen LogP contribution is -2.28. The lowest BCUT2D eigenvalue weighted by molar-refractivity contribution is -0.122. The van der Waals surface area contributed by atoms with Gasteiger partial charge in [-0.05, 0) is 48.7 Å². The summed E-state index contributed by atoms with van der Waals surface area (Å²) in [5.74, 6) is -0.534. The zero-order valence-corrected chi connectivity index (χ0v) is 15.6. The molecule has 0 spiro atoms. The number of unbranched alkanes of at least 4 members (excludes halogenated alkanes) is 1. The third-order valence-corrected chi connectivity index (χ3v) is 4.89. The van der Waals surface area contributed by atoms with Crippen LogP contribution in [-0.2, 0) is 16.0 Å². The molecule has 0 aliphatic carbocycles. The van der Waals surface area contributed by atoms with Crippen LogP contribution in [0.3, 0.4) is 0 Å². The van der Waals surface area contributed by atoms with Gasteiger partial charge in [-0.1, -0.05) is 43.1 Å². The molecule has 1 aliphatic heterocycles. The van der Waals surface area contributed by atoms with Crippen molar-refractivity contribution >= 4 is 34.8 Å². The van der Waals surface area contributed by atoms with Gasteiger partial charge in [-0.25, -0.2) is 0 Å². The smallest absolute Gasteiger partial charge is 0.229 e. The summed E-state index contributed by atoms with van der Waals surface area (Å²) < 4.78 is 0. The van der Waals surface area contributed by atoms with E-state index in [0.29, 0.717) is 11.6 Å². The van der Waals surface area contributed by atoms with E-state index in [9.17, 15) is 9.59 Å². The zero-order chi connectivity index (χ0) is 18.5. The topological polar surface area (TPSA) is 49.4 Å². The predicted octanol–water partition coefficient (Wildman–Crippen LogP) is 4.67. The molecule has 1 fully saturated rings. The van der Waals surface area contributed by atoms with E-state index < -0.39 is 0 Å². The van der Waals surface area contributed by atoms with Gasteiger partial charge in [0, 0.05) is 29.4 Å². The van der Waals surface area contributed by atoms with E-state index in [1.807, 2.05) is 30.3 Å². The summed E-state index contributed by atoms with van der Waals surface area (Å²) >= 11 is 6.00. The van der Waals surface area contributed by atoms with Crippen LogP contribution in [-0.4, -0.2) is 18.4 Å². The molecule has 1 atom stereocenters. The number of hydrogen-bond donors (Lipinski definition) is 1. The highest BCUT2D eigenvalue weighted by atomic mass is 35.5. The number of anilines is 2. The van der Waals surface area contributed by atoms with Crippen molar-refractivity contribution in [3.8, 4) is 0 Å². The molecular weight excluding hydrogens is 348 g/mol. The van der Waals surface area contributed by atoms with Crippen LogP contribution in [0.2, 0.25) is 5.02 Å². The highest BCUT2D eigenvalue weighted by molar-refractivity contribution is 6.31. The van der Waals surface area contributed by atoms with Crippen LogP contribution >= 0.6 is 11.6 Å². The number of halogens is 1. The van der Waals surface area contributed by atoms with Crippen LogP contribution in [0.1, 0.15) is 31.7 Å². The Morgan fingerprint density at radius 2 is 2.00 bits per heavy atom. The molecule has 5 heteroatoms. The predicted molar refractivity (Wildman–Crippen MR) is 106 cm³/mol. The van der Waals surface area contributed by atoms with Gasteiger partial charge < -0.3 is 10.2 Å². The summed E-state index contributed by atoms with van der Waals surface area (Å²) in [7, 11) is 0. The molecule has 0 saturated carbocycles. The monoisotopic (exact) mass is 370 g/mol. The molecular formula is C21H23ClN2O2. The van der Waals surface area contributed by atoms with Crippen molar-refractivity contribution in [3.05, 3.63) is 59.1 Å². The van der Waals surface area contributed by atoms with Crippen LogP contribution in [0.25, 0.3) is 0 Å². The van der Waals surface area contributed by atoms with Crippen molar-refractivity contribution in [3.63, 3.8) is 0 Å². The lowest BCUT2D eigenvalue weighted by atomic mass is 10.1. The number of hydrogen-bond acceptors (Lipinski definition) is 2. The standard InChI is InChI=1S/C21H23ClN2O2/c1-2-3-5-15-8-10-18(11-9-15)23-21(26)16-12-20(25)24(14-16)19-7-4-6-17(22)13-19/h4,6-11,13,16H,2-3,5,12,14H2,1H3,(H,23,26)/t16-/m0/s1. The van der Waals surface area contributed by atoms with E-state index in [-0.39, 0.29) is 24.2 Å². The fraction of sp³-hybridized carbons (Fsp3) is 0.333. The van der Waals surface area contributed by atoms with Crippen LogP contribution in [0.15, 0.2) is 48.5 Å². The zero-order valence-electron chi connectivity index (χ0n) is 14.9. The molecule has 0 unspecified atom stereocenters. The second-order valence-corrected chi connectivity index (χ2v) is 7.11. The molecule has 0 aromatic heterocycles. The number of carbonyl (C=O) groups excluding carboxylic acids is 2. The molecule has 2 amide bonds. The molecule has 3 rings (SSSR count). The Morgan fingerprint density at radius 1 is 1.23 bits per heavy atom. The first kappa shape index (κ1) is 18.5. The largest absolute Gasteiger partial charge is 0.326 e. The second kappa shape index (κ2) is 8.37. The van der Waals surface area contributed by atoms with Gasteiger partial charge in [-0.3, -0.25) is 9.59 Å². The average molecular weight is 371 g/mol. The van der Waals surface area contributed by atoms with Gasteiger partial charge >= 0.3 is 0 Å². The normalized spacial score (nSPS) is 16.8. The number of nitrogens with one attached hydrogen (secondary N) is 1. The molecule has 0 bridgehead atoms. The maximum absolute atomic E-state index is 12.5. The van der Waals surface area contributed by atoms with Crippen molar-refractivity contribution < 1.29 is 9.59 Å². The number of carbonyl (C=O) groups is 2. The minimum Gasteiger partial charge on any atom is -0.326 e. The first-order valence-electron chi connectivity index (χ1n) is 9.02. The molecule has 1 aliphatic rings. The van der Waals surface area contributed by atoms with E-state index in [4.69, 9.17) is 11.6 Å². The maximum atomic E-state index is 12.5. The van der Waals surface area contributed by atoms with Gasteiger partial charge in [-0.2, -0.15) is 0 Å². The molecule has 136 valence electrons. The molecule has 2 aromatic carbocycles. The third kappa shape index (κ3) is 4.44. The first-order chi connectivity index (χ1) is 12.6. The molecule has 1 saturated heterocycles. The average Bonchev–Trinajstić information content (AvgIpc) is 3.03. The van der Waals surface area contributed by atoms with E-state index in [1.54, 1.807) is 23.1 Å². The maximum Gasteiger partial charge on any atom is 0.229 e. The van der Waals surface area contributed by atoms with Gasteiger partial charge in [-0.15, -0.1) is 0 Å². The number of rotatable bonds is 6. The lowest BCUT2D eigenvalue weighted by Gasteiger charge is -2.17. The van der Waals surface area contributed by atoms with E-state index in [1.165, 1.54) is 5.56 Å². The molecule has 0 radical (unpaired) electrons. The quantitative estimate of drug-likeness (QED) is 0.802. The third-order valence-electron chi connectivity index (χ3n) is 4.66. The van der Waals surface area contributed by atoms with Crippen LogP contribution in [0, 0.1) is 5.92 Å². The summed E-state index contributed by atoms with van der Waals surface area (Å²) in [6, 6.07) is 15.1. The van der Waals surface area contributed by atoms with Gasteiger partial charge in [0.05, 0.1) is 5.92 Å². The Balaban J connectivity index is 1.61. The molecule has 4 nitrogen and oxygen atoms in total. The summed E-state index contributed by atoms with van der Waals surface area (Å²) in [6.07, 6.45) is 3.59. The molecule has 2 aromatic rings. The van der Waals surface area contributed by atoms with Crippen molar-refractivity contribution in [2.45, 2.75) is 32.6 Å². The summed E-state index contributed by atoms with van der Waals surface area (Å²) in [4.78, 5) is 26.5. The Labute approximate surface area is 159 Å². The van der Waals surface area contributed by atoms with Gasteiger partial charge in [0.2, 0.25) is 11.8 Å². The van der Waals surface area contributed by atoms with E-state index in [2.05, 4.69) is 12.2 Å². The number of amides is 2. The highest BCUT2D eigenvalue weighted by Crippen LogP contribution is 2.28. The van der Waals surface area contributed by atoms with Crippen LogP contribution < -0.4 is 10.2 Å². The number of nitrogens with zero attached hydrogens (tertiary/aromatic N) is 1. The second-order valence-electron chi connectivity index (χ2n) is 6.67. The Hall–Kier alpha value is -2.33. The van der Waals surface area contributed by atoms with Gasteiger partial charge in [0.25, 0.3) is 0 Å². The van der Waals surface area contributed by atoms with Crippen molar-refractivity contribution in [2.24, 2.45) is 5.92 Å². The molecule has 26 heavy (non-hydrogen) atoms. The van der Waals surface area contributed by atoms with Gasteiger partial charge in [0.1, 0.15) is 0 Å². The number of aryl methyl sites for hydroxylation is 1. The Morgan fingerprint density at radius 3 is 2.69 bits per heavy atom. The summed E-state index contributed by atoms with van der Waals surface area (Å²) in [5, 5.41) is 3.50. The first-order valence-corrected chi connectivity index (χ1v) is 9.40. The van der Waals surface area contributed by atoms with E-state index in [0.717, 1.165) is 30.6 Å². The summed E-state index contributed by atoms with van der Waals surface area (Å²) in [5.41, 5.74) is 2.77. The Kier molecular flexibility index (Phi) is 5.94. The fourth-order valence-corrected chi connectivity index (χ4v) is 3.34. The fourth-order valence-electron chi connectivity index (χ4n) is 3.16. The highest BCUT2D eigenvalue weighted by Gasteiger charge is 2.35. The van der Waals surface area contributed by atoms with Crippen molar-refractivity contribution in [1.82, 2.24) is 0 Å². The summed E-state index contributed by atoms with van der Waals surface area (Å²) in [6.45, 7) is 2.55. The molecule has 1 N–H and O–H groups in total. The molecule has 1 heterocycles. The van der Waals surface area contributed by atoms with Crippen molar-refractivity contribution in [1.29, 1.82) is 0 Å². The van der Waals surface area contributed by atoms with Crippen LogP contribution in [0.5, 0.6) is 0 Å². The van der Waals surface area contributed by atoms with Gasteiger partial charge in [0.15, 0.2) is 0 Å². The van der Waals surface area contributed by atoms with E-state index >= 15 is 0 Å². The SMILES string of the molecule is CCCCc1ccc(NC(=O)[C@H]2CC(=O)N(c3cccc(Cl)c3)C2)cc1. The Bertz CT molecular complexity index is 789. The van der Waals surface area contributed by atoms with Crippen molar-refractivity contribution in [2.75, 3.05) is 16.8 Å². The minimum absolute atomic E-state index is 0.0534. The minimum atomic E-state index is -0.360. The number of benzene rings is 2. The van der Waals surface area contributed by atoms with Crippen LogP contribution in [0.4, 0.5) is 11.4 Å².